The predicted octanol–water partition coefficient (Wildman–Crippen LogP) is 8.96. The van der Waals surface area contributed by atoms with Crippen LogP contribution in [0.2, 0.25) is 10.0 Å². The minimum absolute atomic E-state index is 0.226. The van der Waals surface area contributed by atoms with Crippen molar-refractivity contribution in [2.24, 2.45) is 0 Å². The van der Waals surface area contributed by atoms with E-state index >= 15 is 0 Å². The molecule has 0 aliphatic rings. The lowest BCUT2D eigenvalue weighted by Gasteiger charge is -2.04. The molecule has 8 heteroatoms. The molecule has 2 aromatic heterocycles. The molecule has 0 bridgehead atoms. The molecule has 0 fully saturated rings. The van der Waals surface area contributed by atoms with Gasteiger partial charge >= 0.3 is 5.97 Å². The predicted molar refractivity (Wildman–Crippen MR) is 166 cm³/mol. The Morgan fingerprint density at radius 3 is 2.27 bits per heavy atom. The third-order valence-corrected chi connectivity index (χ3v) is 7.46. The number of carboxylic acids is 1. The number of carbonyl (C=O) groups is 1. The monoisotopic (exact) mass is 578 g/mol. The van der Waals surface area contributed by atoms with Crippen LogP contribution in [0.1, 0.15) is 28.7 Å². The maximum Gasteiger partial charge on any atom is 0.335 e. The largest absolute Gasteiger partial charge is 0.478 e. The van der Waals surface area contributed by atoms with Gasteiger partial charge in [-0.15, -0.1) is 0 Å². The molecule has 2 N–H and O–H groups in total. The number of carboxylic acid groups (broad SMARTS) is 1. The molecule has 0 saturated heterocycles. The number of hydrogen-bond acceptors (Lipinski definition) is 3. The fourth-order valence-corrected chi connectivity index (χ4v) is 5.21. The van der Waals surface area contributed by atoms with Crippen LogP contribution >= 0.6 is 23.2 Å². The first-order valence-corrected chi connectivity index (χ1v) is 13.8. The number of benzene rings is 4. The summed E-state index contributed by atoms with van der Waals surface area (Å²) in [4.78, 5) is 23.9. The number of nitrogens with one attached hydrogen (secondary N) is 1. The number of imidazole rings is 2. The molecule has 0 unspecified atom stereocenters. The van der Waals surface area contributed by atoms with Gasteiger partial charge in [-0.05, 0) is 66.1 Å². The van der Waals surface area contributed by atoms with Crippen molar-refractivity contribution in [1.82, 2.24) is 19.5 Å². The SMILES string of the molecule is CCn1cc(-c2ccc(Cl)cc2Cl)nc1C=Cc1ccc(-c2ccc(-c3nc4ccc(C(=O)O)cc4[nH]3)cc2)cc1. The minimum atomic E-state index is -0.963. The molecule has 0 aliphatic carbocycles. The summed E-state index contributed by atoms with van der Waals surface area (Å²) >= 11 is 12.5. The van der Waals surface area contributed by atoms with E-state index in [9.17, 15) is 9.90 Å². The van der Waals surface area contributed by atoms with E-state index in [1.165, 1.54) is 0 Å². The lowest BCUT2D eigenvalue weighted by molar-refractivity contribution is 0.0697. The number of fused-ring (bicyclic) bond motifs is 1. The summed E-state index contributed by atoms with van der Waals surface area (Å²) in [6, 6.07) is 26.8. The Bertz CT molecular complexity index is 1920. The summed E-state index contributed by atoms with van der Waals surface area (Å²) in [5.74, 6) is 0.578. The van der Waals surface area contributed by atoms with Crippen molar-refractivity contribution in [1.29, 1.82) is 0 Å². The van der Waals surface area contributed by atoms with Gasteiger partial charge in [0.2, 0.25) is 0 Å². The summed E-state index contributed by atoms with van der Waals surface area (Å²) in [5.41, 5.74) is 7.46. The second kappa shape index (κ2) is 11.1. The van der Waals surface area contributed by atoms with E-state index in [1.54, 1.807) is 24.3 Å². The van der Waals surface area contributed by atoms with Crippen molar-refractivity contribution in [2.75, 3.05) is 0 Å². The van der Waals surface area contributed by atoms with Crippen molar-refractivity contribution in [3.8, 4) is 33.8 Å². The molecule has 0 radical (unpaired) electrons. The molecule has 6 nitrogen and oxygen atoms in total. The van der Waals surface area contributed by atoms with Crippen molar-refractivity contribution < 1.29 is 9.90 Å². The van der Waals surface area contributed by atoms with Crippen molar-refractivity contribution >= 4 is 52.4 Å². The molecule has 0 aliphatic heterocycles. The highest BCUT2D eigenvalue weighted by atomic mass is 35.5. The number of aromatic carboxylic acids is 1. The van der Waals surface area contributed by atoms with Crippen LogP contribution in [-0.4, -0.2) is 30.6 Å². The number of nitrogens with zero attached hydrogens (tertiary/aromatic N) is 3. The van der Waals surface area contributed by atoms with Gasteiger partial charge in [-0.1, -0.05) is 77.8 Å². The average Bonchev–Trinajstić information content (AvgIpc) is 3.60. The van der Waals surface area contributed by atoms with Gasteiger partial charge in [0, 0.05) is 28.9 Å². The molecule has 41 heavy (non-hydrogen) atoms. The van der Waals surface area contributed by atoms with E-state index in [-0.39, 0.29) is 5.56 Å². The Morgan fingerprint density at radius 1 is 0.878 bits per heavy atom. The van der Waals surface area contributed by atoms with Crippen molar-refractivity contribution in [3.05, 3.63) is 118 Å². The number of aryl methyl sites for hydroxylation is 1. The van der Waals surface area contributed by atoms with E-state index in [4.69, 9.17) is 28.2 Å². The molecule has 0 atom stereocenters. The van der Waals surface area contributed by atoms with Gasteiger partial charge in [0.05, 0.1) is 27.3 Å². The topological polar surface area (TPSA) is 83.8 Å². The Hall–Kier alpha value is -4.65. The first kappa shape index (κ1) is 26.6. The fraction of sp³-hybridized carbons (Fsp3) is 0.0606. The third kappa shape index (κ3) is 5.53. The lowest BCUT2D eigenvalue weighted by atomic mass is 10.0. The molecule has 2 heterocycles. The molecule has 0 amide bonds. The van der Waals surface area contributed by atoms with Crippen LogP contribution in [-0.2, 0) is 6.54 Å². The Morgan fingerprint density at radius 2 is 1.59 bits per heavy atom. The molecule has 4 aromatic carbocycles. The highest BCUT2D eigenvalue weighted by molar-refractivity contribution is 6.36. The van der Waals surface area contributed by atoms with Crippen LogP contribution in [0.3, 0.4) is 0 Å². The van der Waals surface area contributed by atoms with Crippen LogP contribution in [0.4, 0.5) is 0 Å². The smallest absolute Gasteiger partial charge is 0.335 e. The van der Waals surface area contributed by atoms with Gasteiger partial charge in [-0.25, -0.2) is 14.8 Å². The van der Waals surface area contributed by atoms with Gasteiger partial charge in [-0.3, -0.25) is 0 Å². The zero-order valence-corrected chi connectivity index (χ0v) is 23.5. The number of aromatic amines is 1. The molecule has 6 rings (SSSR count). The Kier molecular flexibility index (Phi) is 7.18. The number of H-pyrrole nitrogens is 1. The average molecular weight is 579 g/mol. The second-order valence-corrected chi connectivity index (χ2v) is 10.4. The number of rotatable bonds is 7. The number of hydrogen-bond donors (Lipinski definition) is 2. The standard InChI is InChI=1S/C33H24Cl2N4O2/c1-2-39-19-30(26-14-13-25(34)18-27(26)35)36-31(39)16-5-20-3-6-21(7-4-20)22-8-10-23(11-9-22)32-37-28-15-12-24(33(40)41)17-29(28)38-32/h3-19H,2H2,1H3,(H,37,38)(H,40,41). The molecular formula is C33H24Cl2N4O2. The number of halogens is 2. The summed E-state index contributed by atoms with van der Waals surface area (Å²) in [6.45, 7) is 2.86. The summed E-state index contributed by atoms with van der Waals surface area (Å²) in [6.07, 6.45) is 6.06. The van der Waals surface area contributed by atoms with E-state index in [2.05, 4.69) is 57.9 Å². The minimum Gasteiger partial charge on any atom is -0.478 e. The quantitative estimate of drug-likeness (QED) is 0.198. The van der Waals surface area contributed by atoms with E-state index in [0.717, 1.165) is 51.4 Å². The summed E-state index contributed by atoms with van der Waals surface area (Å²) in [5, 5.41) is 10.4. The summed E-state index contributed by atoms with van der Waals surface area (Å²) < 4.78 is 2.08. The first-order valence-electron chi connectivity index (χ1n) is 13.0. The molecule has 202 valence electrons. The Labute approximate surface area is 246 Å². The van der Waals surface area contributed by atoms with Gasteiger partial charge in [0.1, 0.15) is 11.6 Å². The highest BCUT2D eigenvalue weighted by Gasteiger charge is 2.11. The molecular weight excluding hydrogens is 555 g/mol. The van der Waals surface area contributed by atoms with Crippen molar-refractivity contribution in [3.63, 3.8) is 0 Å². The van der Waals surface area contributed by atoms with Gasteiger partial charge in [-0.2, -0.15) is 0 Å². The normalized spacial score (nSPS) is 11.5. The van der Waals surface area contributed by atoms with Gasteiger partial charge in [0.15, 0.2) is 0 Å². The molecule has 0 saturated carbocycles. The fourth-order valence-electron chi connectivity index (χ4n) is 4.70. The van der Waals surface area contributed by atoms with Crippen LogP contribution < -0.4 is 0 Å². The zero-order valence-electron chi connectivity index (χ0n) is 22.0. The Balaban J connectivity index is 1.18. The maximum atomic E-state index is 11.3. The van der Waals surface area contributed by atoms with Gasteiger partial charge in [0.25, 0.3) is 0 Å². The van der Waals surface area contributed by atoms with Crippen LogP contribution in [0, 0.1) is 0 Å². The van der Waals surface area contributed by atoms with Crippen LogP contribution in [0.15, 0.2) is 91.1 Å². The first-order chi connectivity index (χ1) is 19.9. The van der Waals surface area contributed by atoms with Crippen LogP contribution in [0.25, 0.3) is 57.0 Å². The lowest BCUT2D eigenvalue weighted by Crippen LogP contribution is -1.94. The maximum absolute atomic E-state index is 11.3. The third-order valence-electron chi connectivity index (χ3n) is 6.91. The van der Waals surface area contributed by atoms with Crippen molar-refractivity contribution in [2.45, 2.75) is 13.5 Å². The summed E-state index contributed by atoms with van der Waals surface area (Å²) in [7, 11) is 0. The van der Waals surface area contributed by atoms with E-state index < -0.39 is 5.97 Å². The zero-order chi connectivity index (χ0) is 28.5. The highest BCUT2D eigenvalue weighted by Crippen LogP contribution is 2.30. The van der Waals surface area contributed by atoms with E-state index in [0.29, 0.717) is 21.4 Å². The molecule has 6 aromatic rings. The van der Waals surface area contributed by atoms with E-state index in [1.807, 2.05) is 42.6 Å². The van der Waals surface area contributed by atoms with Crippen LogP contribution in [0.5, 0.6) is 0 Å². The van der Waals surface area contributed by atoms with Gasteiger partial charge < -0.3 is 14.7 Å². The number of aromatic nitrogens is 4. The second-order valence-electron chi connectivity index (χ2n) is 9.55. The molecule has 0 spiro atoms.